The van der Waals surface area contributed by atoms with Crippen LogP contribution in [0.4, 0.5) is 0 Å². The van der Waals surface area contributed by atoms with E-state index in [0.29, 0.717) is 13.2 Å². The number of benzene rings is 1. The van der Waals surface area contributed by atoms with Crippen LogP contribution in [0.2, 0.25) is 0 Å². The Hall–Kier alpha value is -1.26. The van der Waals surface area contributed by atoms with Crippen molar-refractivity contribution in [1.29, 1.82) is 0 Å². The van der Waals surface area contributed by atoms with Crippen LogP contribution in [0, 0.1) is 0 Å². The van der Waals surface area contributed by atoms with E-state index in [1.807, 2.05) is 19.9 Å². The third-order valence-electron chi connectivity index (χ3n) is 4.24. The first-order valence-corrected chi connectivity index (χ1v) is 7.89. The molecule has 0 amide bonds. The van der Waals surface area contributed by atoms with Crippen LogP contribution < -0.4 is 14.8 Å². The molecule has 1 aromatic carbocycles. The van der Waals surface area contributed by atoms with Crippen molar-refractivity contribution in [1.82, 2.24) is 10.2 Å². The normalized spacial score (nSPS) is 23.0. The molecule has 1 heterocycles. The lowest BCUT2D eigenvalue weighted by atomic mass is 9.89. The van der Waals surface area contributed by atoms with Gasteiger partial charge >= 0.3 is 0 Å². The number of nitrogens with zero attached hydrogens (tertiary/aromatic N) is 1. The Morgan fingerprint density at radius 2 is 1.90 bits per heavy atom. The van der Waals surface area contributed by atoms with E-state index in [1.165, 1.54) is 5.56 Å². The summed E-state index contributed by atoms with van der Waals surface area (Å²) in [5, 5.41) is 3.50. The number of hydrogen-bond donors (Lipinski definition) is 1. The maximum absolute atomic E-state index is 5.72. The van der Waals surface area contributed by atoms with Gasteiger partial charge in [0.25, 0.3) is 0 Å². The molecule has 21 heavy (non-hydrogen) atoms. The molecule has 1 saturated heterocycles. The third-order valence-corrected chi connectivity index (χ3v) is 4.24. The molecule has 1 fully saturated rings. The van der Waals surface area contributed by atoms with Gasteiger partial charge < -0.3 is 14.8 Å². The molecular weight excluding hydrogens is 264 g/mol. The average Bonchev–Trinajstić information content (AvgIpc) is 2.46. The Morgan fingerprint density at radius 1 is 1.19 bits per heavy atom. The largest absolute Gasteiger partial charge is 0.490 e. The fourth-order valence-corrected chi connectivity index (χ4v) is 2.85. The van der Waals surface area contributed by atoms with Crippen LogP contribution in [0.5, 0.6) is 11.5 Å². The first kappa shape index (κ1) is 16.1. The van der Waals surface area contributed by atoms with E-state index < -0.39 is 0 Å². The number of ether oxygens (including phenoxy) is 2. The van der Waals surface area contributed by atoms with Crippen LogP contribution in [0.1, 0.15) is 26.3 Å². The van der Waals surface area contributed by atoms with Crippen LogP contribution in [-0.2, 0) is 6.42 Å². The van der Waals surface area contributed by atoms with Gasteiger partial charge in [-0.05, 0) is 51.9 Å². The summed E-state index contributed by atoms with van der Waals surface area (Å²) in [6, 6.07) is 6.31. The van der Waals surface area contributed by atoms with E-state index in [4.69, 9.17) is 9.47 Å². The third kappa shape index (κ3) is 3.89. The van der Waals surface area contributed by atoms with Crippen molar-refractivity contribution in [2.24, 2.45) is 0 Å². The molecule has 0 bridgehead atoms. The molecule has 1 unspecified atom stereocenters. The summed E-state index contributed by atoms with van der Waals surface area (Å²) in [7, 11) is 2.21. The van der Waals surface area contributed by atoms with Gasteiger partial charge in [0, 0.05) is 25.2 Å². The van der Waals surface area contributed by atoms with Gasteiger partial charge in [-0.3, -0.25) is 4.90 Å². The molecule has 0 saturated carbocycles. The van der Waals surface area contributed by atoms with Crippen molar-refractivity contribution in [2.45, 2.75) is 32.7 Å². The van der Waals surface area contributed by atoms with Crippen LogP contribution in [0.15, 0.2) is 18.2 Å². The fraction of sp³-hybridized carbons (Fsp3) is 0.647. The Morgan fingerprint density at radius 3 is 2.57 bits per heavy atom. The highest BCUT2D eigenvalue weighted by atomic mass is 16.5. The van der Waals surface area contributed by atoms with E-state index in [1.54, 1.807) is 0 Å². The Balaban J connectivity index is 2.17. The van der Waals surface area contributed by atoms with Crippen molar-refractivity contribution in [2.75, 3.05) is 39.9 Å². The second kappa shape index (κ2) is 7.14. The monoisotopic (exact) mass is 292 g/mol. The van der Waals surface area contributed by atoms with Gasteiger partial charge in [0.15, 0.2) is 11.5 Å². The van der Waals surface area contributed by atoms with Crippen molar-refractivity contribution >= 4 is 0 Å². The summed E-state index contributed by atoms with van der Waals surface area (Å²) in [6.07, 6.45) is 1.00. The van der Waals surface area contributed by atoms with Crippen LogP contribution in [-0.4, -0.2) is 50.3 Å². The fourth-order valence-electron chi connectivity index (χ4n) is 2.85. The van der Waals surface area contributed by atoms with Crippen LogP contribution >= 0.6 is 0 Å². The molecule has 1 atom stereocenters. The highest BCUT2D eigenvalue weighted by Crippen LogP contribution is 2.31. The van der Waals surface area contributed by atoms with Crippen molar-refractivity contribution in [3.05, 3.63) is 23.8 Å². The van der Waals surface area contributed by atoms with Gasteiger partial charge in [0.2, 0.25) is 0 Å². The molecule has 0 radical (unpaired) electrons. The maximum atomic E-state index is 5.72. The summed E-state index contributed by atoms with van der Waals surface area (Å²) in [6.45, 7) is 10.8. The van der Waals surface area contributed by atoms with Crippen molar-refractivity contribution in [3.63, 3.8) is 0 Å². The first-order chi connectivity index (χ1) is 10.1. The lowest BCUT2D eigenvalue weighted by molar-refractivity contribution is 0.105. The van der Waals surface area contributed by atoms with Crippen molar-refractivity contribution in [3.8, 4) is 11.5 Å². The number of rotatable bonds is 6. The molecule has 4 heteroatoms. The molecule has 2 rings (SSSR count). The predicted octanol–water partition coefficient (Wildman–Crippen LogP) is 2.32. The Bertz CT molecular complexity index is 464. The number of hydrogen-bond acceptors (Lipinski definition) is 4. The second-order valence-corrected chi connectivity index (χ2v) is 5.92. The summed E-state index contributed by atoms with van der Waals surface area (Å²) in [4.78, 5) is 2.44. The van der Waals surface area contributed by atoms with E-state index in [9.17, 15) is 0 Å². The highest BCUT2D eigenvalue weighted by Gasteiger charge is 2.32. The standard InChI is InChI=1S/C17H28N2O2/c1-5-20-15-8-7-14(11-16(15)21-6-2)12-17(3)13-18-9-10-19(17)4/h7-8,11,18H,5-6,9-10,12-13H2,1-4H3. The van der Waals surface area contributed by atoms with Crippen LogP contribution in [0.25, 0.3) is 0 Å². The zero-order valence-corrected chi connectivity index (χ0v) is 13.7. The van der Waals surface area contributed by atoms with Crippen LogP contribution in [0.3, 0.4) is 0 Å². The van der Waals surface area contributed by atoms with Gasteiger partial charge in [0.05, 0.1) is 13.2 Å². The minimum Gasteiger partial charge on any atom is -0.490 e. The zero-order chi connectivity index (χ0) is 15.3. The van der Waals surface area contributed by atoms with Gasteiger partial charge in [-0.2, -0.15) is 0 Å². The molecular formula is C17H28N2O2. The minimum atomic E-state index is 0.148. The Labute approximate surface area is 128 Å². The SMILES string of the molecule is CCOc1ccc(CC2(C)CNCCN2C)cc1OCC. The number of piperazine rings is 1. The minimum absolute atomic E-state index is 0.148. The molecule has 0 aromatic heterocycles. The lowest BCUT2D eigenvalue weighted by Crippen LogP contribution is -2.59. The van der Waals surface area contributed by atoms with Gasteiger partial charge in [-0.1, -0.05) is 6.07 Å². The van der Waals surface area contributed by atoms with Gasteiger partial charge in [-0.25, -0.2) is 0 Å². The smallest absolute Gasteiger partial charge is 0.161 e. The first-order valence-electron chi connectivity index (χ1n) is 7.89. The van der Waals surface area contributed by atoms with E-state index >= 15 is 0 Å². The summed E-state index contributed by atoms with van der Waals surface area (Å²) >= 11 is 0. The molecule has 1 aromatic rings. The lowest BCUT2D eigenvalue weighted by Gasteiger charge is -2.43. The average molecular weight is 292 g/mol. The Kier molecular flexibility index (Phi) is 5.48. The summed E-state index contributed by atoms with van der Waals surface area (Å²) < 4.78 is 11.4. The molecule has 1 aliphatic rings. The summed E-state index contributed by atoms with van der Waals surface area (Å²) in [5.74, 6) is 1.69. The maximum Gasteiger partial charge on any atom is 0.161 e. The van der Waals surface area contributed by atoms with Crippen molar-refractivity contribution < 1.29 is 9.47 Å². The van der Waals surface area contributed by atoms with E-state index in [-0.39, 0.29) is 5.54 Å². The number of likely N-dealkylation sites (N-methyl/N-ethyl adjacent to an activating group) is 1. The highest BCUT2D eigenvalue weighted by molar-refractivity contribution is 5.43. The number of nitrogens with one attached hydrogen (secondary N) is 1. The van der Waals surface area contributed by atoms with Gasteiger partial charge in [-0.15, -0.1) is 0 Å². The van der Waals surface area contributed by atoms with E-state index in [0.717, 1.165) is 37.6 Å². The molecule has 1 N–H and O–H groups in total. The molecule has 1 aliphatic heterocycles. The zero-order valence-electron chi connectivity index (χ0n) is 13.7. The van der Waals surface area contributed by atoms with E-state index in [2.05, 4.69) is 36.3 Å². The topological polar surface area (TPSA) is 33.7 Å². The predicted molar refractivity (Wildman–Crippen MR) is 86.4 cm³/mol. The molecule has 0 spiro atoms. The summed E-state index contributed by atoms with van der Waals surface area (Å²) in [5.41, 5.74) is 1.44. The van der Waals surface area contributed by atoms with Gasteiger partial charge in [0.1, 0.15) is 0 Å². The molecule has 4 nitrogen and oxygen atoms in total. The molecule has 118 valence electrons. The second-order valence-electron chi connectivity index (χ2n) is 5.92. The molecule has 0 aliphatic carbocycles. The quantitative estimate of drug-likeness (QED) is 0.872.